The maximum absolute atomic E-state index is 12.1. The number of fused-ring (bicyclic) bond motifs is 1. The first-order valence-electron chi connectivity index (χ1n) is 16.2. The predicted molar refractivity (Wildman–Crippen MR) is 181 cm³/mol. The average molecular weight is 640 g/mol. The van der Waals surface area contributed by atoms with Gasteiger partial charge in [-0.05, 0) is 60.0 Å². The summed E-state index contributed by atoms with van der Waals surface area (Å²) in [4.78, 5) is 25.9. The maximum Gasteiger partial charge on any atom is 0.325 e. The third-order valence-electron chi connectivity index (χ3n) is 8.91. The SMILES string of the molecule is CCOC(=O)CNC(=O)NCc1ccc([C@H]2O[C@@H](CN(C)[C@H](C)c3ccc4ccccc4c3)[C@@H](C)[C@@H](c3ccc(CO)cc3)O2)cc1. The Kier molecular flexibility index (Phi) is 11.6. The van der Waals surface area contributed by atoms with Gasteiger partial charge in [0.15, 0.2) is 6.29 Å². The second kappa shape index (κ2) is 16.0. The van der Waals surface area contributed by atoms with Crippen LogP contribution in [0, 0.1) is 5.92 Å². The summed E-state index contributed by atoms with van der Waals surface area (Å²) < 4.78 is 18.2. The highest BCUT2D eigenvalue weighted by Gasteiger charge is 2.39. The number of esters is 1. The zero-order chi connectivity index (χ0) is 33.3. The molecule has 4 aromatic rings. The van der Waals surface area contributed by atoms with Gasteiger partial charge in [0, 0.05) is 30.6 Å². The standard InChI is InChI=1S/C38H45N3O6/c1-5-45-35(43)22-40-38(44)39-21-27-10-16-31(17-11-27)37-46-34(25(2)36(47-37)30-14-12-28(24-42)13-15-30)23-41(4)26(3)32-19-18-29-8-6-7-9-33(29)20-32/h6-20,25-26,34,36-37,42H,5,21-24H2,1-4H3,(H2,39,40,44)/t25-,26-,34+,36+,37+/m1/s1. The number of nitrogens with one attached hydrogen (secondary N) is 2. The van der Waals surface area contributed by atoms with E-state index in [0.29, 0.717) is 6.54 Å². The van der Waals surface area contributed by atoms with Gasteiger partial charge in [0.05, 0.1) is 25.4 Å². The predicted octanol–water partition coefficient (Wildman–Crippen LogP) is 6.18. The molecule has 9 heteroatoms. The fourth-order valence-corrected chi connectivity index (χ4v) is 5.89. The summed E-state index contributed by atoms with van der Waals surface area (Å²) in [6, 6.07) is 30.5. The highest BCUT2D eigenvalue weighted by atomic mass is 16.7. The molecule has 1 saturated heterocycles. The van der Waals surface area contributed by atoms with E-state index in [4.69, 9.17) is 14.2 Å². The number of carbonyl (C=O) groups is 2. The number of benzene rings is 4. The van der Waals surface area contributed by atoms with Gasteiger partial charge in [-0.2, -0.15) is 0 Å². The molecule has 3 N–H and O–H groups in total. The molecule has 0 saturated carbocycles. The van der Waals surface area contributed by atoms with Crippen molar-refractivity contribution in [1.82, 2.24) is 15.5 Å². The van der Waals surface area contributed by atoms with Crippen molar-refractivity contribution in [2.45, 2.75) is 58.5 Å². The number of rotatable bonds is 12. The lowest BCUT2D eigenvalue weighted by Crippen LogP contribution is -2.44. The topological polar surface area (TPSA) is 109 Å². The molecular weight excluding hydrogens is 594 g/mol. The van der Waals surface area contributed by atoms with Gasteiger partial charge in [0.1, 0.15) is 6.54 Å². The minimum Gasteiger partial charge on any atom is -0.465 e. The van der Waals surface area contributed by atoms with Crippen molar-refractivity contribution >= 4 is 22.8 Å². The molecule has 1 aliphatic heterocycles. The lowest BCUT2D eigenvalue weighted by Gasteiger charge is -2.43. The van der Waals surface area contributed by atoms with Crippen molar-refractivity contribution in [3.8, 4) is 0 Å². The summed E-state index contributed by atoms with van der Waals surface area (Å²) in [6.07, 6.45) is -0.952. The molecule has 5 atom stereocenters. The van der Waals surface area contributed by atoms with Gasteiger partial charge in [-0.25, -0.2) is 4.79 Å². The Bertz CT molecular complexity index is 1630. The number of likely N-dealkylation sites (N-methyl/N-ethyl adjacent to an activating group) is 1. The van der Waals surface area contributed by atoms with Gasteiger partial charge in [-0.3, -0.25) is 9.69 Å². The Hall–Kier alpha value is -4.28. The van der Waals surface area contributed by atoms with Crippen LogP contribution in [-0.4, -0.2) is 54.9 Å². The van der Waals surface area contributed by atoms with Crippen LogP contribution in [0.15, 0.2) is 91.0 Å². The molecule has 1 heterocycles. The number of hydrogen-bond acceptors (Lipinski definition) is 7. The van der Waals surface area contributed by atoms with Crippen LogP contribution in [0.5, 0.6) is 0 Å². The van der Waals surface area contributed by atoms with Crippen LogP contribution in [0.1, 0.15) is 67.0 Å². The van der Waals surface area contributed by atoms with Crippen molar-refractivity contribution in [3.63, 3.8) is 0 Å². The quantitative estimate of drug-likeness (QED) is 0.159. The third-order valence-corrected chi connectivity index (χ3v) is 8.91. The van der Waals surface area contributed by atoms with Crippen LogP contribution in [0.3, 0.4) is 0 Å². The Morgan fingerprint density at radius 1 is 0.894 bits per heavy atom. The summed E-state index contributed by atoms with van der Waals surface area (Å²) in [5, 5.41) is 17.3. The molecule has 248 valence electrons. The van der Waals surface area contributed by atoms with Crippen LogP contribution >= 0.6 is 0 Å². The number of nitrogens with zero attached hydrogens (tertiary/aromatic N) is 1. The van der Waals surface area contributed by atoms with E-state index in [1.807, 2.05) is 48.5 Å². The second-order valence-corrected chi connectivity index (χ2v) is 12.1. The molecule has 47 heavy (non-hydrogen) atoms. The number of amides is 2. The molecule has 2 amide bonds. The minimum atomic E-state index is -0.599. The molecule has 0 unspecified atom stereocenters. The zero-order valence-electron chi connectivity index (χ0n) is 27.5. The highest BCUT2D eigenvalue weighted by Crippen LogP contribution is 2.42. The van der Waals surface area contributed by atoms with Gasteiger partial charge in [0.2, 0.25) is 0 Å². The van der Waals surface area contributed by atoms with E-state index < -0.39 is 18.3 Å². The fraction of sp³-hybridized carbons (Fsp3) is 0.368. The van der Waals surface area contributed by atoms with E-state index in [0.717, 1.165) is 22.3 Å². The number of hydrogen-bond donors (Lipinski definition) is 3. The molecule has 0 spiro atoms. The van der Waals surface area contributed by atoms with Crippen molar-refractivity contribution in [3.05, 3.63) is 119 Å². The normalized spacial score (nSPS) is 20.1. The Morgan fingerprint density at radius 3 is 2.28 bits per heavy atom. The zero-order valence-corrected chi connectivity index (χ0v) is 27.5. The van der Waals surface area contributed by atoms with Crippen molar-refractivity contribution in [2.24, 2.45) is 5.92 Å². The number of carbonyl (C=O) groups excluding carboxylic acids is 2. The Morgan fingerprint density at radius 2 is 1.57 bits per heavy atom. The molecule has 0 bridgehead atoms. The van der Waals surface area contributed by atoms with Crippen LogP contribution in [0.2, 0.25) is 0 Å². The third kappa shape index (κ3) is 8.75. The fourth-order valence-electron chi connectivity index (χ4n) is 5.89. The number of aliphatic hydroxyl groups is 1. The summed E-state index contributed by atoms with van der Waals surface area (Å²) in [7, 11) is 2.14. The van der Waals surface area contributed by atoms with Gasteiger partial charge in [-0.1, -0.05) is 91.9 Å². The van der Waals surface area contributed by atoms with E-state index in [2.05, 4.69) is 78.9 Å². The van der Waals surface area contributed by atoms with Gasteiger partial charge >= 0.3 is 12.0 Å². The van der Waals surface area contributed by atoms with Crippen LogP contribution in [-0.2, 0) is 32.2 Å². The Labute approximate surface area is 276 Å². The molecule has 0 aliphatic carbocycles. The van der Waals surface area contributed by atoms with Crippen LogP contribution < -0.4 is 10.6 Å². The first-order valence-corrected chi connectivity index (χ1v) is 16.2. The maximum atomic E-state index is 12.1. The largest absolute Gasteiger partial charge is 0.465 e. The van der Waals surface area contributed by atoms with E-state index in [1.54, 1.807) is 6.92 Å². The average Bonchev–Trinajstić information content (AvgIpc) is 3.10. The van der Waals surface area contributed by atoms with Gasteiger partial charge < -0.3 is 30.0 Å². The van der Waals surface area contributed by atoms with Crippen molar-refractivity contribution < 1.29 is 28.9 Å². The van der Waals surface area contributed by atoms with Crippen LogP contribution in [0.4, 0.5) is 4.79 Å². The number of urea groups is 1. The summed E-state index contributed by atoms with van der Waals surface area (Å²) in [5.74, 6) is -0.432. The summed E-state index contributed by atoms with van der Waals surface area (Å²) in [6.45, 7) is 7.16. The van der Waals surface area contributed by atoms with Gasteiger partial charge in [-0.15, -0.1) is 0 Å². The first kappa shape index (κ1) is 34.1. The van der Waals surface area contributed by atoms with Gasteiger partial charge in [0.25, 0.3) is 0 Å². The van der Waals surface area contributed by atoms with E-state index >= 15 is 0 Å². The van der Waals surface area contributed by atoms with E-state index in [1.165, 1.54) is 16.3 Å². The van der Waals surface area contributed by atoms with Crippen molar-refractivity contribution in [1.29, 1.82) is 0 Å². The monoisotopic (exact) mass is 639 g/mol. The Balaban J connectivity index is 1.29. The molecule has 1 fully saturated rings. The smallest absolute Gasteiger partial charge is 0.325 e. The lowest BCUT2D eigenvalue weighted by atomic mass is 9.89. The lowest BCUT2D eigenvalue weighted by molar-refractivity contribution is -0.276. The summed E-state index contributed by atoms with van der Waals surface area (Å²) in [5.41, 5.74) is 4.90. The molecule has 1 aliphatic rings. The second-order valence-electron chi connectivity index (χ2n) is 12.1. The molecular formula is C38H45N3O6. The molecule has 0 radical (unpaired) electrons. The molecule has 0 aromatic heterocycles. The minimum absolute atomic E-state index is 0.0125. The number of aliphatic hydroxyl groups excluding tert-OH is 1. The first-order chi connectivity index (χ1) is 22.7. The van der Waals surface area contributed by atoms with Crippen LogP contribution in [0.25, 0.3) is 10.8 Å². The summed E-state index contributed by atoms with van der Waals surface area (Å²) >= 11 is 0. The molecule has 4 aromatic carbocycles. The molecule has 9 nitrogen and oxygen atoms in total. The molecule has 5 rings (SSSR count). The van der Waals surface area contributed by atoms with E-state index in [9.17, 15) is 14.7 Å². The number of ether oxygens (including phenoxy) is 3. The van der Waals surface area contributed by atoms with E-state index in [-0.39, 0.29) is 50.5 Å². The highest BCUT2D eigenvalue weighted by molar-refractivity contribution is 5.83. The van der Waals surface area contributed by atoms with Crippen molar-refractivity contribution in [2.75, 3.05) is 26.7 Å².